The van der Waals surface area contributed by atoms with Gasteiger partial charge in [0.05, 0.1) is 18.2 Å². The Morgan fingerprint density at radius 3 is 2.83 bits per heavy atom. The summed E-state index contributed by atoms with van der Waals surface area (Å²) in [6, 6.07) is 9.78. The summed E-state index contributed by atoms with van der Waals surface area (Å²) in [5, 5.41) is 0. The van der Waals surface area contributed by atoms with Crippen LogP contribution in [-0.4, -0.2) is 27.3 Å². The van der Waals surface area contributed by atoms with Crippen LogP contribution in [0, 0.1) is 0 Å². The first-order valence-electron chi connectivity index (χ1n) is 7.81. The molecule has 1 aromatic carbocycles. The van der Waals surface area contributed by atoms with Crippen LogP contribution in [0.4, 0.5) is 5.95 Å². The Balaban J connectivity index is 1.85. The second kappa shape index (κ2) is 6.24. The molecule has 23 heavy (non-hydrogen) atoms. The van der Waals surface area contributed by atoms with Crippen LogP contribution in [0.5, 0.6) is 0 Å². The summed E-state index contributed by atoms with van der Waals surface area (Å²) >= 11 is 0. The van der Waals surface area contributed by atoms with Crippen LogP contribution in [0.25, 0.3) is 0 Å². The van der Waals surface area contributed by atoms with Gasteiger partial charge < -0.3 is 10.6 Å². The maximum absolute atomic E-state index is 12.9. The minimum atomic E-state index is -0.199. The molecule has 1 aliphatic rings. The van der Waals surface area contributed by atoms with E-state index in [-0.39, 0.29) is 23.3 Å². The number of amides is 1. The Hall–Kier alpha value is -2.63. The first-order chi connectivity index (χ1) is 11.1. The highest BCUT2D eigenvalue weighted by Crippen LogP contribution is 2.25. The van der Waals surface area contributed by atoms with Gasteiger partial charge >= 0.3 is 0 Å². The van der Waals surface area contributed by atoms with Gasteiger partial charge in [-0.05, 0) is 18.4 Å². The largest absolute Gasteiger partial charge is 0.369 e. The monoisotopic (exact) mass is 312 g/mol. The van der Waals surface area contributed by atoms with Gasteiger partial charge in [0.25, 0.3) is 5.56 Å². The van der Waals surface area contributed by atoms with Crippen molar-refractivity contribution in [2.24, 2.45) is 0 Å². The third-order valence-electron chi connectivity index (χ3n) is 4.31. The maximum Gasteiger partial charge on any atom is 0.255 e. The number of nitrogens with two attached hydrogens (primary N) is 1. The first kappa shape index (κ1) is 15.3. The zero-order chi connectivity index (χ0) is 16.4. The number of hydrogen-bond acceptors (Lipinski definition) is 4. The maximum atomic E-state index is 12.9. The number of carbonyl (C=O) groups is 1. The van der Waals surface area contributed by atoms with Gasteiger partial charge in [0.1, 0.15) is 0 Å². The van der Waals surface area contributed by atoms with Crippen LogP contribution in [0.15, 0.2) is 35.1 Å². The molecule has 0 aliphatic carbocycles. The predicted octanol–water partition coefficient (Wildman–Crippen LogP) is 1.43. The molecule has 120 valence electrons. The van der Waals surface area contributed by atoms with Gasteiger partial charge in [0.2, 0.25) is 11.9 Å². The standard InChI is InChI=1S/C17H20N4O2/c1-2-12(11-6-4-3-5-7-11)16(23)21-9-8-13-14(10-21)19-17(18)20-15(13)22/h3-7,12H,2,8-10H2,1H3,(H3,18,19,20,22)/t12-/m0/s1. The van der Waals surface area contributed by atoms with Crippen LogP contribution < -0.4 is 11.3 Å². The number of rotatable bonds is 3. The van der Waals surface area contributed by atoms with E-state index >= 15 is 0 Å². The number of benzene rings is 1. The second-order valence-electron chi connectivity index (χ2n) is 5.76. The lowest BCUT2D eigenvalue weighted by Crippen LogP contribution is -2.41. The van der Waals surface area contributed by atoms with E-state index in [1.165, 1.54) is 0 Å². The van der Waals surface area contributed by atoms with E-state index in [0.717, 1.165) is 12.0 Å². The van der Waals surface area contributed by atoms with Crippen molar-refractivity contribution < 1.29 is 4.79 Å². The van der Waals surface area contributed by atoms with Crippen molar-refractivity contribution in [1.29, 1.82) is 0 Å². The molecule has 0 unspecified atom stereocenters. The van der Waals surface area contributed by atoms with Gasteiger partial charge in [-0.15, -0.1) is 0 Å². The smallest absolute Gasteiger partial charge is 0.255 e. The van der Waals surface area contributed by atoms with Crippen LogP contribution in [0.3, 0.4) is 0 Å². The lowest BCUT2D eigenvalue weighted by atomic mass is 9.94. The number of aromatic nitrogens is 2. The highest BCUT2D eigenvalue weighted by Gasteiger charge is 2.29. The summed E-state index contributed by atoms with van der Waals surface area (Å²) < 4.78 is 0. The van der Waals surface area contributed by atoms with E-state index < -0.39 is 0 Å². The molecular formula is C17H20N4O2. The highest BCUT2D eigenvalue weighted by molar-refractivity contribution is 5.83. The molecule has 1 aromatic heterocycles. The molecule has 3 rings (SSSR count). The van der Waals surface area contributed by atoms with Crippen LogP contribution >= 0.6 is 0 Å². The van der Waals surface area contributed by atoms with E-state index in [4.69, 9.17) is 5.73 Å². The van der Waals surface area contributed by atoms with Crippen molar-refractivity contribution >= 4 is 11.9 Å². The number of hydrogen-bond donors (Lipinski definition) is 2. The minimum absolute atomic E-state index is 0.0741. The number of aromatic amines is 1. The molecule has 1 amide bonds. The molecule has 2 heterocycles. The number of nitrogen functional groups attached to an aromatic ring is 1. The fourth-order valence-corrected chi connectivity index (χ4v) is 3.11. The van der Waals surface area contributed by atoms with E-state index in [1.54, 1.807) is 4.90 Å². The molecule has 1 atom stereocenters. The first-order valence-corrected chi connectivity index (χ1v) is 7.81. The Morgan fingerprint density at radius 1 is 1.39 bits per heavy atom. The van der Waals surface area contributed by atoms with Gasteiger partial charge in [0.15, 0.2) is 0 Å². The van der Waals surface area contributed by atoms with Crippen LogP contribution in [0.1, 0.15) is 36.1 Å². The lowest BCUT2D eigenvalue weighted by Gasteiger charge is -2.30. The van der Waals surface area contributed by atoms with Crippen molar-refractivity contribution in [3.63, 3.8) is 0 Å². The molecule has 0 spiro atoms. The number of nitrogens with zero attached hydrogens (tertiary/aromatic N) is 2. The van der Waals surface area contributed by atoms with E-state index in [2.05, 4.69) is 9.97 Å². The Morgan fingerprint density at radius 2 is 2.13 bits per heavy atom. The molecule has 0 bridgehead atoms. The Labute approximate surface area is 134 Å². The van der Waals surface area contributed by atoms with E-state index in [0.29, 0.717) is 30.8 Å². The molecule has 0 radical (unpaired) electrons. The van der Waals surface area contributed by atoms with Crippen LogP contribution in [0.2, 0.25) is 0 Å². The number of carbonyl (C=O) groups excluding carboxylic acids is 1. The molecule has 1 aliphatic heterocycles. The summed E-state index contributed by atoms with van der Waals surface area (Å²) in [6.07, 6.45) is 1.24. The molecule has 2 aromatic rings. The summed E-state index contributed by atoms with van der Waals surface area (Å²) in [5.74, 6) is 0.000228. The van der Waals surface area contributed by atoms with Gasteiger partial charge in [-0.3, -0.25) is 14.6 Å². The third kappa shape index (κ3) is 2.97. The Kier molecular flexibility index (Phi) is 4.14. The summed E-state index contributed by atoms with van der Waals surface area (Å²) in [5.41, 5.74) is 7.67. The summed E-state index contributed by atoms with van der Waals surface area (Å²) in [4.78, 5) is 33.3. The molecule has 3 N–H and O–H groups in total. The van der Waals surface area contributed by atoms with Crippen molar-refractivity contribution in [3.8, 4) is 0 Å². The molecular weight excluding hydrogens is 292 g/mol. The fourth-order valence-electron chi connectivity index (χ4n) is 3.11. The van der Waals surface area contributed by atoms with Crippen LogP contribution in [-0.2, 0) is 17.8 Å². The number of fused-ring (bicyclic) bond motifs is 1. The van der Waals surface area contributed by atoms with Crippen molar-refractivity contribution in [2.45, 2.75) is 32.2 Å². The van der Waals surface area contributed by atoms with Crippen molar-refractivity contribution in [1.82, 2.24) is 14.9 Å². The van der Waals surface area contributed by atoms with E-state index in [9.17, 15) is 9.59 Å². The normalized spacial score (nSPS) is 15.1. The van der Waals surface area contributed by atoms with E-state index in [1.807, 2.05) is 37.3 Å². The number of H-pyrrole nitrogens is 1. The molecule has 0 saturated heterocycles. The van der Waals surface area contributed by atoms with Gasteiger partial charge in [0, 0.05) is 12.1 Å². The average molecular weight is 312 g/mol. The molecule has 0 saturated carbocycles. The van der Waals surface area contributed by atoms with Gasteiger partial charge in [-0.1, -0.05) is 37.3 Å². The number of anilines is 1. The quantitative estimate of drug-likeness (QED) is 0.897. The minimum Gasteiger partial charge on any atom is -0.369 e. The second-order valence-corrected chi connectivity index (χ2v) is 5.76. The SMILES string of the molecule is CC[C@H](C(=O)N1CCc2c(nc(N)[nH]c2=O)C1)c1ccccc1. The van der Waals surface area contributed by atoms with Crippen molar-refractivity contribution in [3.05, 3.63) is 57.5 Å². The fraction of sp³-hybridized carbons (Fsp3) is 0.353. The molecule has 6 nitrogen and oxygen atoms in total. The van der Waals surface area contributed by atoms with Gasteiger partial charge in [-0.25, -0.2) is 4.98 Å². The third-order valence-corrected chi connectivity index (χ3v) is 4.31. The van der Waals surface area contributed by atoms with Crippen molar-refractivity contribution in [2.75, 3.05) is 12.3 Å². The topological polar surface area (TPSA) is 92.1 Å². The van der Waals surface area contributed by atoms with Gasteiger partial charge in [-0.2, -0.15) is 0 Å². The average Bonchev–Trinajstić information content (AvgIpc) is 2.55. The molecule has 0 fully saturated rings. The summed E-state index contributed by atoms with van der Waals surface area (Å²) in [7, 11) is 0. The predicted molar refractivity (Wildman–Crippen MR) is 87.9 cm³/mol. The lowest BCUT2D eigenvalue weighted by molar-refractivity contribution is -0.133. The Bertz CT molecular complexity index is 770. The molecule has 6 heteroatoms. The highest BCUT2D eigenvalue weighted by atomic mass is 16.2. The zero-order valence-electron chi connectivity index (χ0n) is 13.1. The summed E-state index contributed by atoms with van der Waals surface area (Å²) in [6.45, 7) is 2.88. The zero-order valence-corrected chi connectivity index (χ0v) is 13.1. The number of nitrogens with one attached hydrogen (secondary N) is 1.